The van der Waals surface area contributed by atoms with Gasteiger partial charge in [0.25, 0.3) is 0 Å². The van der Waals surface area contributed by atoms with Crippen molar-refractivity contribution in [3.05, 3.63) is 0 Å². The number of nitrogens with zero attached hydrogens (tertiary/aromatic N) is 1. The fourth-order valence-corrected chi connectivity index (χ4v) is 3.89. The van der Waals surface area contributed by atoms with Gasteiger partial charge in [0.1, 0.15) is 0 Å². The number of ether oxygens (including phenoxy) is 1. The monoisotopic (exact) mass is 266 g/mol. The van der Waals surface area contributed by atoms with Crippen LogP contribution in [-0.4, -0.2) is 49.2 Å². The van der Waals surface area contributed by atoms with Crippen LogP contribution in [0.5, 0.6) is 0 Å². The molecule has 3 rings (SSSR count). The van der Waals surface area contributed by atoms with E-state index in [-0.39, 0.29) is 0 Å². The van der Waals surface area contributed by atoms with Gasteiger partial charge in [0.15, 0.2) is 0 Å². The molecular formula is C15H26N2O2. The second-order valence-electron chi connectivity index (χ2n) is 6.53. The van der Waals surface area contributed by atoms with Crippen molar-refractivity contribution < 1.29 is 9.53 Å². The summed E-state index contributed by atoms with van der Waals surface area (Å²) in [5, 5.41) is 3.64. The lowest BCUT2D eigenvalue weighted by atomic mass is 9.94. The molecule has 4 nitrogen and oxygen atoms in total. The van der Waals surface area contributed by atoms with Gasteiger partial charge in [-0.3, -0.25) is 4.79 Å². The highest BCUT2D eigenvalue weighted by molar-refractivity contribution is 5.76. The molecular weight excluding hydrogens is 240 g/mol. The number of nitrogens with one attached hydrogen (secondary N) is 1. The predicted molar refractivity (Wildman–Crippen MR) is 73.9 cm³/mol. The Balaban J connectivity index is 1.51. The lowest BCUT2D eigenvalue weighted by Gasteiger charge is -2.36. The Bertz CT molecular complexity index is 316. The molecule has 108 valence electrons. The zero-order valence-corrected chi connectivity index (χ0v) is 11.9. The first-order chi connectivity index (χ1) is 9.22. The van der Waals surface area contributed by atoms with Crippen LogP contribution in [0.3, 0.4) is 0 Å². The molecule has 0 aliphatic carbocycles. The summed E-state index contributed by atoms with van der Waals surface area (Å²) >= 11 is 0. The number of piperidine rings is 1. The van der Waals surface area contributed by atoms with Gasteiger partial charge in [-0.25, -0.2) is 0 Å². The third-order valence-corrected chi connectivity index (χ3v) is 5.19. The highest BCUT2D eigenvalue weighted by Crippen LogP contribution is 2.30. The molecule has 0 aromatic rings. The third kappa shape index (κ3) is 3.11. The molecule has 19 heavy (non-hydrogen) atoms. The Kier molecular flexibility index (Phi) is 4.08. The quantitative estimate of drug-likeness (QED) is 0.842. The maximum Gasteiger partial charge on any atom is 0.222 e. The number of hydrogen-bond acceptors (Lipinski definition) is 3. The highest BCUT2D eigenvalue weighted by atomic mass is 16.5. The molecule has 3 fully saturated rings. The maximum atomic E-state index is 12.4. The summed E-state index contributed by atoms with van der Waals surface area (Å²) in [6.07, 6.45) is 7.71. The summed E-state index contributed by atoms with van der Waals surface area (Å²) in [4.78, 5) is 14.5. The van der Waals surface area contributed by atoms with Crippen LogP contribution in [0.1, 0.15) is 44.9 Å². The number of rotatable bonds is 3. The molecule has 0 aromatic heterocycles. The molecule has 0 spiro atoms. The molecule has 2 bridgehead atoms. The number of fused-ring (bicyclic) bond motifs is 2. The van der Waals surface area contributed by atoms with Crippen molar-refractivity contribution >= 4 is 5.91 Å². The molecule has 3 aliphatic heterocycles. The van der Waals surface area contributed by atoms with E-state index >= 15 is 0 Å². The number of hydrogen-bond donors (Lipinski definition) is 1. The van der Waals surface area contributed by atoms with Gasteiger partial charge < -0.3 is 15.0 Å². The standard InChI is InChI=1S/C15H26N2O2/c1-17(14-9-12-2-3-13(10-14)16-12)15(18)8-11-4-6-19-7-5-11/h11-14,16H,2-10H2,1H3. The Morgan fingerprint density at radius 1 is 1.16 bits per heavy atom. The molecule has 2 atom stereocenters. The van der Waals surface area contributed by atoms with E-state index in [4.69, 9.17) is 4.74 Å². The third-order valence-electron chi connectivity index (χ3n) is 5.19. The molecule has 0 radical (unpaired) electrons. The largest absolute Gasteiger partial charge is 0.381 e. The lowest BCUT2D eigenvalue weighted by molar-refractivity contribution is -0.134. The minimum atomic E-state index is 0.346. The van der Waals surface area contributed by atoms with Gasteiger partial charge in [0.05, 0.1) is 0 Å². The molecule has 1 amide bonds. The van der Waals surface area contributed by atoms with E-state index in [1.54, 1.807) is 0 Å². The Morgan fingerprint density at radius 3 is 2.42 bits per heavy atom. The minimum absolute atomic E-state index is 0.346. The second-order valence-corrected chi connectivity index (χ2v) is 6.53. The average Bonchev–Trinajstić information content (AvgIpc) is 2.77. The molecule has 2 unspecified atom stereocenters. The fourth-order valence-electron chi connectivity index (χ4n) is 3.89. The van der Waals surface area contributed by atoms with Crippen LogP contribution in [0.25, 0.3) is 0 Å². The molecule has 1 N–H and O–H groups in total. The van der Waals surface area contributed by atoms with E-state index < -0.39 is 0 Å². The summed E-state index contributed by atoms with van der Waals surface area (Å²) in [5.41, 5.74) is 0. The normalized spacial score (nSPS) is 35.3. The van der Waals surface area contributed by atoms with Gasteiger partial charge in [-0.15, -0.1) is 0 Å². The van der Waals surface area contributed by atoms with Crippen LogP contribution in [-0.2, 0) is 9.53 Å². The number of carbonyl (C=O) groups excluding carboxylic acids is 1. The SMILES string of the molecule is CN(C(=O)CC1CCOCC1)C1CC2CCC(C1)N2. The molecule has 0 aromatic carbocycles. The summed E-state index contributed by atoms with van der Waals surface area (Å²) in [5.74, 6) is 0.889. The predicted octanol–water partition coefficient (Wildman–Crippen LogP) is 1.54. The molecule has 3 saturated heterocycles. The smallest absolute Gasteiger partial charge is 0.222 e. The highest BCUT2D eigenvalue weighted by Gasteiger charge is 2.36. The van der Waals surface area contributed by atoms with E-state index in [2.05, 4.69) is 5.32 Å². The zero-order valence-electron chi connectivity index (χ0n) is 11.9. The Morgan fingerprint density at radius 2 is 1.79 bits per heavy atom. The van der Waals surface area contributed by atoms with Crippen molar-refractivity contribution in [1.29, 1.82) is 0 Å². The minimum Gasteiger partial charge on any atom is -0.381 e. The van der Waals surface area contributed by atoms with Crippen LogP contribution < -0.4 is 5.32 Å². The van der Waals surface area contributed by atoms with Crippen molar-refractivity contribution in [1.82, 2.24) is 10.2 Å². The van der Waals surface area contributed by atoms with E-state index in [1.807, 2.05) is 11.9 Å². The van der Waals surface area contributed by atoms with E-state index in [0.29, 0.717) is 30.0 Å². The first-order valence-corrected chi connectivity index (χ1v) is 7.82. The van der Waals surface area contributed by atoms with Crippen molar-refractivity contribution in [3.63, 3.8) is 0 Å². The summed E-state index contributed by atoms with van der Waals surface area (Å²) in [6, 6.07) is 1.77. The van der Waals surface area contributed by atoms with Gasteiger partial charge in [-0.05, 0) is 44.4 Å². The Hall–Kier alpha value is -0.610. The van der Waals surface area contributed by atoms with Crippen LogP contribution in [0.4, 0.5) is 0 Å². The van der Waals surface area contributed by atoms with Gasteiger partial charge >= 0.3 is 0 Å². The van der Waals surface area contributed by atoms with Crippen molar-refractivity contribution in [2.45, 2.75) is 63.1 Å². The maximum absolute atomic E-state index is 12.4. The Labute approximate surface area is 115 Å². The second kappa shape index (κ2) is 5.80. The summed E-state index contributed by atoms with van der Waals surface area (Å²) < 4.78 is 5.36. The number of amides is 1. The van der Waals surface area contributed by atoms with Crippen LogP contribution in [0, 0.1) is 5.92 Å². The van der Waals surface area contributed by atoms with Gasteiger partial charge in [-0.2, -0.15) is 0 Å². The summed E-state index contributed by atoms with van der Waals surface area (Å²) in [7, 11) is 2.01. The molecule has 3 heterocycles. The van der Waals surface area contributed by atoms with Crippen molar-refractivity contribution in [2.75, 3.05) is 20.3 Å². The van der Waals surface area contributed by atoms with Gasteiger partial charge in [0.2, 0.25) is 5.91 Å². The molecule has 4 heteroatoms. The van der Waals surface area contributed by atoms with E-state index in [1.165, 1.54) is 12.8 Å². The first kappa shape index (κ1) is 13.4. The summed E-state index contributed by atoms with van der Waals surface area (Å²) in [6.45, 7) is 1.66. The van der Waals surface area contributed by atoms with E-state index in [9.17, 15) is 4.79 Å². The van der Waals surface area contributed by atoms with E-state index in [0.717, 1.165) is 45.3 Å². The fraction of sp³-hybridized carbons (Fsp3) is 0.933. The molecule has 0 saturated carbocycles. The molecule has 3 aliphatic rings. The van der Waals surface area contributed by atoms with Crippen molar-refractivity contribution in [3.8, 4) is 0 Å². The number of carbonyl (C=O) groups is 1. The first-order valence-electron chi connectivity index (χ1n) is 7.82. The van der Waals surface area contributed by atoms with Crippen molar-refractivity contribution in [2.24, 2.45) is 5.92 Å². The topological polar surface area (TPSA) is 41.6 Å². The van der Waals surface area contributed by atoms with Gasteiger partial charge in [0, 0.05) is 44.8 Å². The lowest BCUT2D eigenvalue weighted by Crippen LogP contribution is -2.49. The van der Waals surface area contributed by atoms with Gasteiger partial charge in [-0.1, -0.05) is 0 Å². The van der Waals surface area contributed by atoms with Crippen LogP contribution >= 0.6 is 0 Å². The zero-order chi connectivity index (χ0) is 13.2. The average molecular weight is 266 g/mol. The van der Waals surface area contributed by atoms with Crippen LogP contribution in [0.2, 0.25) is 0 Å². The van der Waals surface area contributed by atoms with Crippen LogP contribution in [0.15, 0.2) is 0 Å².